The molecule has 0 unspecified atom stereocenters. The van der Waals surface area contributed by atoms with Crippen molar-refractivity contribution < 1.29 is 9.31 Å². The Bertz CT molecular complexity index is 513. The first-order valence-electron chi connectivity index (χ1n) is 7.51. The van der Waals surface area contributed by atoms with Crippen LogP contribution >= 0.6 is 0 Å². The lowest BCUT2D eigenvalue weighted by molar-refractivity contribution is 0.00578. The highest BCUT2D eigenvalue weighted by Crippen LogP contribution is 2.37. The maximum Gasteiger partial charge on any atom is 0.487 e. The van der Waals surface area contributed by atoms with Crippen molar-refractivity contribution in [1.29, 1.82) is 0 Å². The standard InChI is InChI=1S/C16H25BN2O2/c1-6-13(18)12-8-7-11-19-14(12)9-10-17-20-15(2,3)16(4,5)21-17/h7-11,13H,6,18H2,1-5H3/b10-9+/t13-/m0/s1. The van der Waals surface area contributed by atoms with Gasteiger partial charge in [0.2, 0.25) is 0 Å². The van der Waals surface area contributed by atoms with Crippen LogP contribution < -0.4 is 5.73 Å². The Kier molecular flexibility index (Phi) is 4.56. The largest absolute Gasteiger partial charge is 0.487 e. The van der Waals surface area contributed by atoms with Gasteiger partial charge in [-0.2, -0.15) is 0 Å². The van der Waals surface area contributed by atoms with Crippen LogP contribution in [0.2, 0.25) is 0 Å². The van der Waals surface area contributed by atoms with E-state index in [0.717, 1.165) is 17.7 Å². The molecule has 1 aromatic heterocycles. The van der Waals surface area contributed by atoms with Gasteiger partial charge in [-0.05, 0) is 51.8 Å². The molecule has 1 aliphatic heterocycles. The molecule has 1 saturated heterocycles. The van der Waals surface area contributed by atoms with Crippen molar-refractivity contribution in [3.05, 3.63) is 35.6 Å². The van der Waals surface area contributed by atoms with E-state index in [1.165, 1.54) is 0 Å². The summed E-state index contributed by atoms with van der Waals surface area (Å²) < 4.78 is 11.9. The molecule has 1 fully saturated rings. The van der Waals surface area contributed by atoms with Crippen molar-refractivity contribution in [3.63, 3.8) is 0 Å². The van der Waals surface area contributed by atoms with Gasteiger partial charge in [0.1, 0.15) is 0 Å². The van der Waals surface area contributed by atoms with Crippen LogP contribution in [0.5, 0.6) is 0 Å². The van der Waals surface area contributed by atoms with Crippen LogP contribution in [-0.4, -0.2) is 23.3 Å². The fourth-order valence-corrected chi connectivity index (χ4v) is 2.24. The number of hydrogen-bond donors (Lipinski definition) is 1. The summed E-state index contributed by atoms with van der Waals surface area (Å²) in [4.78, 5) is 4.40. The Balaban J connectivity index is 2.17. The number of aromatic nitrogens is 1. The zero-order chi connectivity index (χ0) is 15.7. The van der Waals surface area contributed by atoms with Crippen LogP contribution in [0.3, 0.4) is 0 Å². The molecular formula is C16H25BN2O2. The molecule has 2 heterocycles. The normalized spacial score (nSPS) is 21.9. The number of hydrogen-bond acceptors (Lipinski definition) is 4. The first kappa shape index (κ1) is 16.2. The lowest BCUT2D eigenvalue weighted by Gasteiger charge is -2.32. The van der Waals surface area contributed by atoms with Gasteiger partial charge in [-0.15, -0.1) is 0 Å². The van der Waals surface area contributed by atoms with Gasteiger partial charge in [-0.25, -0.2) is 0 Å². The molecule has 0 radical (unpaired) electrons. The highest BCUT2D eigenvalue weighted by Gasteiger charge is 2.50. The molecule has 114 valence electrons. The van der Waals surface area contributed by atoms with E-state index in [4.69, 9.17) is 15.0 Å². The Morgan fingerprint density at radius 1 is 1.29 bits per heavy atom. The van der Waals surface area contributed by atoms with E-state index in [9.17, 15) is 0 Å². The SMILES string of the molecule is CC[C@H](N)c1cccnc1/C=C/B1OC(C)(C)C(C)(C)O1. The number of nitrogens with zero attached hydrogens (tertiary/aromatic N) is 1. The highest BCUT2D eigenvalue weighted by molar-refractivity contribution is 6.52. The molecule has 2 rings (SSSR count). The second-order valence-corrected chi connectivity index (χ2v) is 6.48. The Labute approximate surface area is 127 Å². The van der Waals surface area contributed by atoms with E-state index in [0.29, 0.717) is 0 Å². The summed E-state index contributed by atoms with van der Waals surface area (Å²) in [7, 11) is -0.359. The van der Waals surface area contributed by atoms with Crippen molar-refractivity contribution in [2.75, 3.05) is 0 Å². The minimum atomic E-state index is -0.359. The monoisotopic (exact) mass is 288 g/mol. The molecule has 1 atom stereocenters. The smallest absolute Gasteiger partial charge is 0.400 e. The summed E-state index contributed by atoms with van der Waals surface area (Å²) in [6, 6.07) is 3.93. The van der Waals surface area contributed by atoms with Gasteiger partial charge in [0.25, 0.3) is 0 Å². The van der Waals surface area contributed by atoms with E-state index < -0.39 is 0 Å². The summed E-state index contributed by atoms with van der Waals surface area (Å²) >= 11 is 0. The van der Waals surface area contributed by atoms with E-state index in [1.54, 1.807) is 6.20 Å². The Morgan fingerprint density at radius 3 is 2.48 bits per heavy atom. The number of rotatable bonds is 4. The lowest BCUT2D eigenvalue weighted by atomic mass is 9.89. The molecule has 2 N–H and O–H groups in total. The van der Waals surface area contributed by atoms with Gasteiger partial charge < -0.3 is 15.0 Å². The highest BCUT2D eigenvalue weighted by atomic mass is 16.7. The zero-order valence-corrected chi connectivity index (χ0v) is 13.6. The van der Waals surface area contributed by atoms with Gasteiger partial charge in [0, 0.05) is 12.2 Å². The minimum Gasteiger partial charge on any atom is -0.400 e. The molecule has 4 nitrogen and oxygen atoms in total. The molecule has 0 aromatic carbocycles. The summed E-state index contributed by atoms with van der Waals surface area (Å²) in [5.74, 6) is 1.91. The van der Waals surface area contributed by atoms with Gasteiger partial charge in [0.15, 0.2) is 0 Å². The first-order chi connectivity index (χ1) is 9.77. The van der Waals surface area contributed by atoms with E-state index in [2.05, 4.69) is 11.9 Å². The van der Waals surface area contributed by atoms with Gasteiger partial charge in [-0.1, -0.05) is 19.0 Å². The van der Waals surface area contributed by atoms with Crippen molar-refractivity contribution in [2.45, 2.75) is 58.3 Å². The van der Waals surface area contributed by atoms with Crippen LogP contribution in [0.25, 0.3) is 6.08 Å². The fourth-order valence-electron chi connectivity index (χ4n) is 2.24. The van der Waals surface area contributed by atoms with Crippen molar-refractivity contribution in [1.82, 2.24) is 4.98 Å². The summed E-state index contributed by atoms with van der Waals surface area (Å²) in [6.45, 7) is 10.2. The third-order valence-corrected chi connectivity index (χ3v) is 4.39. The second kappa shape index (κ2) is 5.91. The maximum absolute atomic E-state index is 6.13. The van der Waals surface area contributed by atoms with Crippen LogP contribution in [-0.2, 0) is 9.31 Å². The fraction of sp³-hybridized carbons (Fsp3) is 0.562. The van der Waals surface area contributed by atoms with Crippen LogP contribution in [0, 0.1) is 0 Å². The van der Waals surface area contributed by atoms with Crippen LogP contribution in [0.15, 0.2) is 24.3 Å². The molecule has 0 amide bonds. The number of pyridine rings is 1. The first-order valence-corrected chi connectivity index (χ1v) is 7.51. The molecule has 1 aliphatic rings. The van der Waals surface area contributed by atoms with Gasteiger partial charge in [0.05, 0.1) is 16.9 Å². The van der Waals surface area contributed by atoms with E-state index in [-0.39, 0.29) is 24.4 Å². The molecular weight excluding hydrogens is 263 g/mol. The second-order valence-electron chi connectivity index (χ2n) is 6.48. The van der Waals surface area contributed by atoms with Crippen molar-refractivity contribution in [3.8, 4) is 0 Å². The third kappa shape index (κ3) is 3.36. The van der Waals surface area contributed by atoms with Crippen molar-refractivity contribution >= 4 is 13.2 Å². The molecule has 0 bridgehead atoms. The van der Waals surface area contributed by atoms with Gasteiger partial charge >= 0.3 is 7.12 Å². The van der Waals surface area contributed by atoms with Crippen molar-refractivity contribution in [2.24, 2.45) is 5.73 Å². The number of nitrogens with two attached hydrogens (primary N) is 1. The summed E-state index contributed by atoms with van der Waals surface area (Å²) in [6.07, 6.45) is 4.59. The summed E-state index contributed by atoms with van der Waals surface area (Å²) in [5, 5.41) is 0. The Hall–Kier alpha value is -1.17. The molecule has 1 aromatic rings. The minimum absolute atomic E-state index is 0.00310. The quantitative estimate of drug-likeness (QED) is 0.865. The molecule has 0 saturated carbocycles. The van der Waals surface area contributed by atoms with E-state index in [1.807, 2.05) is 51.9 Å². The molecule has 0 aliphatic carbocycles. The Morgan fingerprint density at radius 2 is 1.90 bits per heavy atom. The predicted octanol–water partition coefficient (Wildman–Crippen LogP) is 3.14. The molecule has 21 heavy (non-hydrogen) atoms. The molecule has 5 heteroatoms. The van der Waals surface area contributed by atoms with Crippen LogP contribution in [0.4, 0.5) is 0 Å². The zero-order valence-electron chi connectivity index (χ0n) is 13.6. The summed E-state index contributed by atoms with van der Waals surface area (Å²) in [5.41, 5.74) is 7.40. The average molecular weight is 288 g/mol. The molecule has 0 spiro atoms. The topological polar surface area (TPSA) is 57.4 Å². The van der Waals surface area contributed by atoms with Gasteiger partial charge in [-0.3, -0.25) is 4.98 Å². The predicted molar refractivity (Wildman–Crippen MR) is 86.6 cm³/mol. The van der Waals surface area contributed by atoms with E-state index >= 15 is 0 Å². The third-order valence-electron chi connectivity index (χ3n) is 4.39. The lowest BCUT2D eigenvalue weighted by Crippen LogP contribution is -2.41. The average Bonchev–Trinajstić information content (AvgIpc) is 2.64. The maximum atomic E-state index is 6.13. The van der Waals surface area contributed by atoms with Crippen LogP contribution in [0.1, 0.15) is 58.3 Å².